The molecule has 0 amide bonds. The quantitative estimate of drug-likeness (QED) is 0.874. The van der Waals surface area contributed by atoms with E-state index in [2.05, 4.69) is 31.7 Å². The first-order chi connectivity index (χ1) is 11.7. The van der Waals surface area contributed by atoms with E-state index in [4.69, 9.17) is 5.11 Å². The van der Waals surface area contributed by atoms with Gasteiger partial charge in [0.1, 0.15) is 11.6 Å². The molecule has 1 aliphatic rings. The summed E-state index contributed by atoms with van der Waals surface area (Å²) in [7, 11) is 3.98. The molecule has 0 bridgehead atoms. The van der Waals surface area contributed by atoms with Gasteiger partial charge in [-0.25, -0.2) is 9.97 Å². The van der Waals surface area contributed by atoms with E-state index in [1.54, 1.807) is 0 Å². The maximum absolute atomic E-state index is 9.05. The number of rotatable bonds is 6. The Hall–Kier alpha value is -1.92. The van der Waals surface area contributed by atoms with Crippen molar-refractivity contribution in [3.05, 3.63) is 30.7 Å². The number of nitrogens with zero attached hydrogens (tertiary/aromatic N) is 5. The molecule has 0 radical (unpaired) electrons. The summed E-state index contributed by atoms with van der Waals surface area (Å²) in [6, 6.07) is 4.12. The molecule has 0 atom stereocenters. The molecule has 3 heterocycles. The van der Waals surface area contributed by atoms with Crippen molar-refractivity contribution in [2.75, 3.05) is 45.2 Å². The second-order valence-corrected chi connectivity index (χ2v) is 6.71. The summed E-state index contributed by atoms with van der Waals surface area (Å²) < 4.78 is 2.25. The Morgan fingerprint density at radius 3 is 2.62 bits per heavy atom. The molecule has 2 aromatic heterocycles. The van der Waals surface area contributed by atoms with E-state index in [0.29, 0.717) is 5.92 Å². The predicted octanol–water partition coefficient (Wildman–Crippen LogP) is 1.72. The Bertz CT molecular complexity index is 629. The number of aromatic nitrogens is 3. The van der Waals surface area contributed by atoms with Crippen molar-refractivity contribution in [1.29, 1.82) is 0 Å². The molecule has 24 heavy (non-hydrogen) atoms. The Balaban J connectivity index is 1.65. The fourth-order valence-corrected chi connectivity index (χ4v) is 3.31. The fourth-order valence-electron chi connectivity index (χ4n) is 3.31. The number of anilines is 1. The number of β-amino-alcohol motifs (C(OH)–C–C–N with tert-alkyl or cyclic N) is 1. The van der Waals surface area contributed by atoms with E-state index in [0.717, 1.165) is 43.4 Å². The van der Waals surface area contributed by atoms with Crippen molar-refractivity contribution >= 4 is 5.82 Å². The van der Waals surface area contributed by atoms with Crippen LogP contribution in [0.15, 0.2) is 30.7 Å². The van der Waals surface area contributed by atoms with E-state index >= 15 is 0 Å². The van der Waals surface area contributed by atoms with Gasteiger partial charge in [0.25, 0.3) is 0 Å². The van der Waals surface area contributed by atoms with Gasteiger partial charge in [-0.15, -0.1) is 0 Å². The van der Waals surface area contributed by atoms with Crippen LogP contribution in [-0.4, -0.2) is 64.9 Å². The van der Waals surface area contributed by atoms with Gasteiger partial charge < -0.3 is 19.5 Å². The first kappa shape index (κ1) is 16.9. The smallest absolute Gasteiger partial charge is 0.141 e. The molecule has 3 rings (SSSR count). The predicted molar refractivity (Wildman–Crippen MR) is 96.0 cm³/mol. The molecule has 1 fully saturated rings. The van der Waals surface area contributed by atoms with Crippen LogP contribution in [0, 0.1) is 5.92 Å². The Morgan fingerprint density at radius 1 is 1.21 bits per heavy atom. The van der Waals surface area contributed by atoms with E-state index < -0.39 is 0 Å². The van der Waals surface area contributed by atoms with Gasteiger partial charge in [-0.3, -0.25) is 0 Å². The molecule has 1 N–H and O–H groups in total. The molecule has 1 saturated heterocycles. The number of aliphatic hydroxyl groups is 1. The van der Waals surface area contributed by atoms with Crippen LogP contribution in [0.25, 0.3) is 11.4 Å². The normalized spacial score (nSPS) is 16.5. The highest BCUT2D eigenvalue weighted by atomic mass is 16.3. The summed E-state index contributed by atoms with van der Waals surface area (Å²) in [5.74, 6) is 2.61. The molecule has 6 heteroatoms. The average molecular weight is 329 g/mol. The number of likely N-dealkylation sites (tertiary alicyclic amines) is 1. The monoisotopic (exact) mass is 329 g/mol. The van der Waals surface area contributed by atoms with Crippen LogP contribution in [0.1, 0.15) is 12.8 Å². The minimum atomic E-state index is 0.256. The van der Waals surface area contributed by atoms with Crippen molar-refractivity contribution in [2.24, 2.45) is 5.92 Å². The summed E-state index contributed by atoms with van der Waals surface area (Å²) in [5.41, 5.74) is 1.06. The number of hydrogen-bond acceptors (Lipinski definition) is 5. The van der Waals surface area contributed by atoms with Crippen LogP contribution in [0.3, 0.4) is 0 Å². The molecule has 6 nitrogen and oxygen atoms in total. The van der Waals surface area contributed by atoms with Gasteiger partial charge in [0, 0.05) is 51.3 Å². The molecule has 130 valence electrons. The second kappa shape index (κ2) is 7.77. The minimum Gasteiger partial charge on any atom is -0.395 e. The lowest BCUT2D eigenvalue weighted by Gasteiger charge is -2.31. The van der Waals surface area contributed by atoms with Crippen LogP contribution < -0.4 is 4.90 Å². The Labute approximate surface area is 143 Å². The molecule has 0 aromatic carbocycles. The Kier molecular flexibility index (Phi) is 5.48. The zero-order chi connectivity index (χ0) is 16.9. The Morgan fingerprint density at radius 2 is 2.00 bits per heavy atom. The van der Waals surface area contributed by atoms with Crippen LogP contribution in [0.5, 0.6) is 0 Å². The number of pyridine rings is 1. The fraction of sp³-hybridized carbons (Fsp3) is 0.556. The number of hydrogen-bond donors (Lipinski definition) is 1. The lowest BCUT2D eigenvalue weighted by Crippen LogP contribution is -2.36. The molecular formula is C18H27N5O. The van der Waals surface area contributed by atoms with Crippen LogP contribution in [0.2, 0.25) is 0 Å². The molecule has 0 spiro atoms. The third-order valence-corrected chi connectivity index (χ3v) is 4.76. The third kappa shape index (κ3) is 3.94. The van der Waals surface area contributed by atoms with E-state index in [9.17, 15) is 0 Å². The summed E-state index contributed by atoms with van der Waals surface area (Å²) >= 11 is 0. The summed E-state index contributed by atoms with van der Waals surface area (Å²) in [5, 5.41) is 9.05. The highest BCUT2D eigenvalue weighted by Crippen LogP contribution is 2.23. The number of imidazole rings is 1. The largest absolute Gasteiger partial charge is 0.395 e. The third-order valence-electron chi connectivity index (χ3n) is 4.76. The zero-order valence-electron chi connectivity index (χ0n) is 14.6. The lowest BCUT2D eigenvalue weighted by molar-refractivity contribution is 0.141. The van der Waals surface area contributed by atoms with Gasteiger partial charge in [-0.05, 0) is 44.0 Å². The van der Waals surface area contributed by atoms with Gasteiger partial charge in [0.05, 0.1) is 6.61 Å². The van der Waals surface area contributed by atoms with Gasteiger partial charge in [0.2, 0.25) is 0 Å². The SMILES string of the molecule is CN(C)c1ccc(-c2nccn2CC2CCN(CCO)CC2)cn1. The summed E-state index contributed by atoms with van der Waals surface area (Å²) in [6.45, 7) is 4.21. The minimum absolute atomic E-state index is 0.256. The van der Waals surface area contributed by atoms with E-state index in [-0.39, 0.29) is 6.61 Å². The van der Waals surface area contributed by atoms with Crippen LogP contribution in [-0.2, 0) is 6.54 Å². The van der Waals surface area contributed by atoms with Crippen LogP contribution >= 0.6 is 0 Å². The topological polar surface area (TPSA) is 57.4 Å². The highest BCUT2D eigenvalue weighted by molar-refractivity contribution is 5.56. The van der Waals surface area contributed by atoms with Gasteiger partial charge in [0.15, 0.2) is 0 Å². The zero-order valence-corrected chi connectivity index (χ0v) is 14.6. The maximum atomic E-state index is 9.05. The van der Waals surface area contributed by atoms with Crippen molar-refractivity contribution in [1.82, 2.24) is 19.4 Å². The van der Waals surface area contributed by atoms with Gasteiger partial charge in [-0.1, -0.05) is 0 Å². The number of piperidine rings is 1. The van der Waals surface area contributed by atoms with E-state index in [1.165, 1.54) is 12.8 Å². The molecular weight excluding hydrogens is 302 g/mol. The summed E-state index contributed by atoms with van der Waals surface area (Å²) in [4.78, 5) is 13.4. The molecule has 1 aliphatic heterocycles. The van der Waals surface area contributed by atoms with E-state index in [1.807, 2.05) is 37.5 Å². The molecule has 0 aliphatic carbocycles. The lowest BCUT2D eigenvalue weighted by atomic mass is 9.96. The van der Waals surface area contributed by atoms with Crippen molar-refractivity contribution in [3.63, 3.8) is 0 Å². The first-order valence-corrected chi connectivity index (χ1v) is 8.65. The second-order valence-electron chi connectivity index (χ2n) is 6.71. The van der Waals surface area contributed by atoms with Crippen molar-refractivity contribution in [2.45, 2.75) is 19.4 Å². The highest BCUT2D eigenvalue weighted by Gasteiger charge is 2.20. The van der Waals surface area contributed by atoms with Crippen molar-refractivity contribution < 1.29 is 5.11 Å². The molecule has 2 aromatic rings. The average Bonchev–Trinajstić information content (AvgIpc) is 3.05. The molecule has 0 unspecified atom stereocenters. The van der Waals surface area contributed by atoms with Crippen molar-refractivity contribution in [3.8, 4) is 11.4 Å². The summed E-state index contributed by atoms with van der Waals surface area (Å²) in [6.07, 6.45) is 8.19. The van der Waals surface area contributed by atoms with Gasteiger partial charge >= 0.3 is 0 Å². The maximum Gasteiger partial charge on any atom is 0.141 e. The standard InChI is InChI=1S/C18H27N5O/c1-21(2)17-4-3-16(13-20-17)18-19-7-10-23(18)14-15-5-8-22(9-6-15)11-12-24/h3-4,7,10,13,15,24H,5-6,8-9,11-12,14H2,1-2H3. The first-order valence-electron chi connectivity index (χ1n) is 8.65. The molecule has 0 saturated carbocycles. The van der Waals surface area contributed by atoms with Gasteiger partial charge in [-0.2, -0.15) is 0 Å². The number of aliphatic hydroxyl groups excluding tert-OH is 1. The van der Waals surface area contributed by atoms with Crippen LogP contribution in [0.4, 0.5) is 5.82 Å².